The summed E-state index contributed by atoms with van der Waals surface area (Å²) in [6.07, 6.45) is 2.89. The summed E-state index contributed by atoms with van der Waals surface area (Å²) in [4.78, 5) is 33.6. The first-order valence-corrected chi connectivity index (χ1v) is 6.51. The van der Waals surface area contributed by atoms with Crippen LogP contribution >= 0.6 is 11.3 Å². The van der Waals surface area contributed by atoms with Crippen molar-refractivity contribution >= 4 is 28.3 Å². The predicted molar refractivity (Wildman–Crippen MR) is 70.1 cm³/mol. The number of carbonyl (C=O) groups excluding carboxylic acids is 2. The Hall–Kier alpha value is -2.12. The number of pyridine rings is 1. The molecule has 0 spiro atoms. The monoisotopic (exact) mass is 274 g/mol. The molecule has 0 bridgehead atoms. The van der Waals surface area contributed by atoms with Gasteiger partial charge in [0, 0.05) is 23.8 Å². The lowest BCUT2D eigenvalue weighted by Crippen LogP contribution is -2.29. The highest BCUT2D eigenvalue weighted by Crippen LogP contribution is 2.30. The summed E-state index contributed by atoms with van der Waals surface area (Å²) in [7, 11) is 0. The Bertz CT molecular complexity index is 645. The molecule has 1 aliphatic heterocycles. The number of fused-ring (bicyclic) bond motifs is 1. The highest BCUT2D eigenvalue weighted by Gasteiger charge is 2.38. The van der Waals surface area contributed by atoms with Gasteiger partial charge in [-0.25, -0.2) is 9.88 Å². The van der Waals surface area contributed by atoms with Crippen LogP contribution in [0.2, 0.25) is 0 Å². The van der Waals surface area contributed by atoms with Crippen molar-refractivity contribution in [3.63, 3.8) is 0 Å². The minimum atomic E-state index is -0.390. The van der Waals surface area contributed by atoms with Crippen molar-refractivity contribution in [2.24, 2.45) is 5.73 Å². The van der Waals surface area contributed by atoms with Crippen LogP contribution in [-0.2, 0) is 0 Å². The van der Waals surface area contributed by atoms with Gasteiger partial charge in [0.2, 0.25) is 0 Å². The summed E-state index contributed by atoms with van der Waals surface area (Å²) < 4.78 is 0. The Morgan fingerprint density at radius 3 is 2.68 bits per heavy atom. The number of amides is 2. The molecule has 19 heavy (non-hydrogen) atoms. The van der Waals surface area contributed by atoms with Gasteiger partial charge < -0.3 is 5.73 Å². The lowest BCUT2D eigenvalue weighted by Gasteiger charge is -2.09. The Balaban J connectivity index is 2.04. The van der Waals surface area contributed by atoms with Crippen LogP contribution in [0.5, 0.6) is 0 Å². The minimum absolute atomic E-state index is 0.234. The number of carbonyl (C=O) groups is 2. The van der Waals surface area contributed by atoms with Crippen molar-refractivity contribution in [2.45, 2.75) is 13.0 Å². The molecule has 0 saturated heterocycles. The van der Waals surface area contributed by atoms with Crippen molar-refractivity contribution in [1.29, 1.82) is 0 Å². The van der Waals surface area contributed by atoms with Crippen molar-refractivity contribution in [3.8, 4) is 0 Å². The van der Waals surface area contributed by atoms with Crippen molar-refractivity contribution in [2.75, 3.05) is 4.90 Å². The van der Waals surface area contributed by atoms with Gasteiger partial charge in [-0.1, -0.05) is 0 Å². The first-order valence-electron chi connectivity index (χ1n) is 5.63. The van der Waals surface area contributed by atoms with Crippen molar-refractivity contribution in [3.05, 3.63) is 40.7 Å². The Labute approximate surface area is 112 Å². The van der Waals surface area contributed by atoms with E-state index in [1.165, 1.54) is 29.8 Å². The molecule has 1 aliphatic rings. The van der Waals surface area contributed by atoms with Gasteiger partial charge in [0.15, 0.2) is 5.13 Å². The van der Waals surface area contributed by atoms with Gasteiger partial charge in [-0.05, 0) is 13.0 Å². The summed E-state index contributed by atoms with van der Waals surface area (Å²) in [6, 6.07) is 1.30. The third kappa shape index (κ3) is 1.74. The van der Waals surface area contributed by atoms with Crippen LogP contribution in [0.25, 0.3) is 0 Å². The van der Waals surface area contributed by atoms with Gasteiger partial charge in [-0.3, -0.25) is 14.6 Å². The maximum Gasteiger partial charge on any atom is 0.269 e. The van der Waals surface area contributed by atoms with Crippen LogP contribution in [0.1, 0.15) is 39.4 Å². The van der Waals surface area contributed by atoms with E-state index in [0.29, 0.717) is 22.0 Å². The molecule has 3 rings (SSSR count). The van der Waals surface area contributed by atoms with Gasteiger partial charge in [-0.2, -0.15) is 0 Å². The number of anilines is 1. The van der Waals surface area contributed by atoms with Gasteiger partial charge >= 0.3 is 0 Å². The third-order valence-corrected chi connectivity index (χ3v) is 3.70. The molecule has 0 fully saturated rings. The van der Waals surface area contributed by atoms with E-state index in [9.17, 15) is 9.59 Å². The molecule has 2 aromatic rings. The molecule has 96 valence electrons. The highest BCUT2D eigenvalue weighted by atomic mass is 32.1. The molecule has 1 unspecified atom stereocenters. The zero-order chi connectivity index (χ0) is 13.6. The van der Waals surface area contributed by atoms with Crippen LogP contribution < -0.4 is 10.6 Å². The van der Waals surface area contributed by atoms with E-state index in [0.717, 1.165) is 4.90 Å². The summed E-state index contributed by atoms with van der Waals surface area (Å²) in [5.74, 6) is -0.758. The molecule has 0 aliphatic carbocycles. The molecule has 2 aromatic heterocycles. The van der Waals surface area contributed by atoms with E-state index in [2.05, 4.69) is 9.97 Å². The molecule has 0 aromatic carbocycles. The molecule has 1 atom stereocenters. The van der Waals surface area contributed by atoms with E-state index in [1.54, 1.807) is 12.3 Å². The first-order chi connectivity index (χ1) is 9.09. The van der Waals surface area contributed by atoms with Crippen molar-refractivity contribution in [1.82, 2.24) is 9.97 Å². The van der Waals surface area contributed by atoms with Crippen LogP contribution in [-0.4, -0.2) is 21.8 Å². The largest absolute Gasteiger partial charge is 0.323 e. The number of nitrogens with two attached hydrogens (primary N) is 1. The normalized spacial score (nSPS) is 15.8. The summed E-state index contributed by atoms with van der Waals surface area (Å²) in [6.45, 7) is 1.80. The Morgan fingerprint density at radius 1 is 1.32 bits per heavy atom. The van der Waals surface area contributed by atoms with Crippen LogP contribution in [0.3, 0.4) is 0 Å². The summed E-state index contributed by atoms with van der Waals surface area (Å²) >= 11 is 1.23. The van der Waals surface area contributed by atoms with Crippen LogP contribution in [0, 0.1) is 0 Å². The Kier molecular flexibility index (Phi) is 2.65. The molecule has 7 heteroatoms. The fraction of sp³-hybridized carbons (Fsp3) is 0.167. The van der Waals surface area contributed by atoms with Gasteiger partial charge in [0.25, 0.3) is 11.8 Å². The second-order valence-corrected chi connectivity index (χ2v) is 5.05. The molecule has 6 nitrogen and oxygen atoms in total. The number of imide groups is 1. The van der Waals surface area contributed by atoms with E-state index >= 15 is 0 Å². The average molecular weight is 274 g/mol. The molecule has 0 radical (unpaired) electrons. The summed E-state index contributed by atoms with van der Waals surface area (Å²) in [5.41, 5.74) is 7.06. The minimum Gasteiger partial charge on any atom is -0.323 e. The number of hydrogen-bond acceptors (Lipinski definition) is 6. The first kappa shape index (κ1) is 11.9. The lowest BCUT2D eigenvalue weighted by molar-refractivity contribution is 0.0926. The predicted octanol–water partition coefficient (Wildman–Crippen LogP) is 1.36. The molecular formula is C12H10N4O2S. The van der Waals surface area contributed by atoms with E-state index in [4.69, 9.17) is 5.73 Å². The van der Waals surface area contributed by atoms with Crippen LogP contribution in [0.4, 0.5) is 5.13 Å². The number of thiazole rings is 1. The third-order valence-electron chi connectivity index (χ3n) is 2.86. The quantitative estimate of drug-likeness (QED) is 0.835. The molecule has 2 amide bonds. The fourth-order valence-electron chi connectivity index (χ4n) is 1.85. The molecule has 3 heterocycles. The van der Waals surface area contributed by atoms with Gasteiger partial charge in [-0.15, -0.1) is 11.3 Å². The van der Waals surface area contributed by atoms with E-state index in [1.807, 2.05) is 0 Å². The SMILES string of the molecule is CC(N)c1csc(N2C(=O)c3ccncc3C2=O)n1. The average Bonchev–Trinajstić information content (AvgIpc) is 2.96. The zero-order valence-corrected chi connectivity index (χ0v) is 10.8. The maximum atomic E-state index is 12.2. The summed E-state index contributed by atoms with van der Waals surface area (Å²) in [5, 5.41) is 2.10. The van der Waals surface area contributed by atoms with Gasteiger partial charge in [0.05, 0.1) is 16.8 Å². The molecule has 2 N–H and O–H groups in total. The Morgan fingerprint density at radius 2 is 2.05 bits per heavy atom. The van der Waals surface area contributed by atoms with Crippen molar-refractivity contribution < 1.29 is 9.59 Å². The number of hydrogen-bond donors (Lipinski definition) is 1. The number of nitrogens with zero attached hydrogens (tertiary/aromatic N) is 3. The van der Waals surface area contributed by atoms with E-state index < -0.39 is 5.91 Å². The smallest absolute Gasteiger partial charge is 0.269 e. The number of aromatic nitrogens is 2. The second-order valence-electron chi connectivity index (χ2n) is 4.21. The lowest BCUT2D eigenvalue weighted by atomic mass is 10.2. The van der Waals surface area contributed by atoms with Crippen LogP contribution in [0.15, 0.2) is 23.8 Å². The zero-order valence-electron chi connectivity index (χ0n) is 10.0. The number of rotatable bonds is 2. The second kappa shape index (κ2) is 4.22. The standard InChI is InChI=1S/C12H10N4O2S/c1-6(13)9-5-19-12(15-9)16-10(17)7-2-3-14-4-8(7)11(16)18/h2-6H,13H2,1H3. The van der Waals surface area contributed by atoms with Gasteiger partial charge in [0.1, 0.15) is 0 Å². The fourth-order valence-corrected chi connectivity index (χ4v) is 2.77. The van der Waals surface area contributed by atoms with E-state index in [-0.39, 0.29) is 11.9 Å². The topological polar surface area (TPSA) is 89.2 Å². The highest BCUT2D eigenvalue weighted by molar-refractivity contribution is 7.14. The molecule has 0 saturated carbocycles. The molecular weight excluding hydrogens is 264 g/mol. The maximum absolute atomic E-state index is 12.2.